The minimum absolute atomic E-state index is 0.475. The lowest BCUT2D eigenvalue weighted by Crippen LogP contribution is -2.17. The smallest absolute Gasteiger partial charge is 0.244 e. The molecule has 0 bridgehead atoms. The lowest BCUT2D eigenvalue weighted by atomic mass is 10.3. The van der Waals surface area contributed by atoms with E-state index in [0.29, 0.717) is 24.4 Å². The Bertz CT molecular complexity index is 596. The number of nitrogens with one attached hydrogen (secondary N) is 2. The van der Waals surface area contributed by atoms with Crippen molar-refractivity contribution in [1.82, 2.24) is 15.2 Å². The van der Waals surface area contributed by atoms with Crippen LogP contribution in [0.1, 0.15) is 32.6 Å². The van der Waals surface area contributed by atoms with Crippen LogP contribution >= 0.6 is 0 Å². The van der Waals surface area contributed by atoms with Crippen molar-refractivity contribution in [3.05, 3.63) is 30.5 Å². The second-order valence-electron chi connectivity index (χ2n) is 5.37. The average Bonchev–Trinajstić information content (AvgIpc) is 3.03. The Kier molecular flexibility index (Phi) is 4.68. The van der Waals surface area contributed by atoms with E-state index >= 15 is 0 Å². The van der Waals surface area contributed by atoms with Gasteiger partial charge < -0.3 is 15.4 Å². The first-order valence-corrected chi connectivity index (χ1v) is 7.79. The summed E-state index contributed by atoms with van der Waals surface area (Å²) in [5.74, 6) is 2.12. The summed E-state index contributed by atoms with van der Waals surface area (Å²) >= 11 is 0. The summed E-state index contributed by atoms with van der Waals surface area (Å²) in [6.07, 6.45) is 6.53. The van der Waals surface area contributed by atoms with Crippen LogP contribution in [0.5, 0.6) is 5.75 Å². The van der Waals surface area contributed by atoms with Gasteiger partial charge in [0.15, 0.2) is 5.82 Å². The highest BCUT2D eigenvalue weighted by Gasteiger charge is 2.15. The van der Waals surface area contributed by atoms with Crippen molar-refractivity contribution in [2.45, 2.75) is 38.6 Å². The number of rotatable bonds is 6. The van der Waals surface area contributed by atoms with Crippen LogP contribution < -0.4 is 15.4 Å². The molecule has 0 atom stereocenters. The summed E-state index contributed by atoms with van der Waals surface area (Å²) in [6, 6.07) is 8.24. The number of anilines is 3. The number of benzene rings is 1. The molecular formula is C16H21N5O. The van der Waals surface area contributed by atoms with E-state index in [2.05, 4.69) is 25.8 Å². The SMILES string of the molecule is CCOc1ccc(Nc2cnnc(NC3CCCC3)n2)cc1. The quantitative estimate of drug-likeness (QED) is 0.852. The van der Waals surface area contributed by atoms with Crippen LogP contribution in [-0.4, -0.2) is 27.8 Å². The van der Waals surface area contributed by atoms with Crippen LogP contribution in [0.3, 0.4) is 0 Å². The molecule has 116 valence electrons. The number of hydrogen-bond acceptors (Lipinski definition) is 6. The van der Waals surface area contributed by atoms with Gasteiger partial charge in [0.05, 0.1) is 12.8 Å². The van der Waals surface area contributed by atoms with Crippen LogP contribution in [0.4, 0.5) is 17.5 Å². The lowest BCUT2D eigenvalue weighted by molar-refractivity contribution is 0.340. The lowest BCUT2D eigenvalue weighted by Gasteiger charge is -2.12. The molecule has 0 spiro atoms. The first-order valence-electron chi connectivity index (χ1n) is 7.79. The van der Waals surface area contributed by atoms with Crippen LogP contribution in [0.2, 0.25) is 0 Å². The van der Waals surface area contributed by atoms with Gasteiger partial charge in [-0.3, -0.25) is 0 Å². The Labute approximate surface area is 130 Å². The molecule has 1 fully saturated rings. The molecule has 1 aromatic carbocycles. The average molecular weight is 299 g/mol. The summed E-state index contributed by atoms with van der Waals surface area (Å²) in [6.45, 7) is 2.64. The van der Waals surface area contributed by atoms with Crippen LogP contribution in [0.25, 0.3) is 0 Å². The van der Waals surface area contributed by atoms with E-state index in [-0.39, 0.29) is 0 Å². The van der Waals surface area contributed by atoms with Gasteiger partial charge in [0.1, 0.15) is 5.75 Å². The van der Waals surface area contributed by atoms with Crippen LogP contribution in [-0.2, 0) is 0 Å². The molecule has 1 aromatic heterocycles. The van der Waals surface area contributed by atoms with Gasteiger partial charge in [-0.1, -0.05) is 12.8 Å². The topological polar surface area (TPSA) is 72.0 Å². The summed E-state index contributed by atoms with van der Waals surface area (Å²) < 4.78 is 5.43. The fraction of sp³-hybridized carbons (Fsp3) is 0.438. The van der Waals surface area contributed by atoms with Crippen molar-refractivity contribution < 1.29 is 4.74 Å². The Morgan fingerprint density at radius 1 is 1.18 bits per heavy atom. The molecule has 6 nitrogen and oxygen atoms in total. The summed E-state index contributed by atoms with van der Waals surface area (Å²) in [4.78, 5) is 4.46. The van der Waals surface area contributed by atoms with E-state index in [4.69, 9.17) is 4.74 Å². The number of aromatic nitrogens is 3. The fourth-order valence-electron chi connectivity index (χ4n) is 2.63. The third-order valence-electron chi connectivity index (χ3n) is 3.68. The predicted octanol–water partition coefficient (Wildman–Crippen LogP) is 3.37. The summed E-state index contributed by atoms with van der Waals surface area (Å²) in [5.41, 5.74) is 0.941. The van der Waals surface area contributed by atoms with Gasteiger partial charge >= 0.3 is 0 Å². The van der Waals surface area contributed by atoms with E-state index < -0.39 is 0 Å². The highest BCUT2D eigenvalue weighted by atomic mass is 16.5. The molecule has 6 heteroatoms. The molecule has 22 heavy (non-hydrogen) atoms. The van der Waals surface area contributed by atoms with E-state index in [0.717, 1.165) is 11.4 Å². The predicted molar refractivity (Wildman–Crippen MR) is 86.6 cm³/mol. The second kappa shape index (κ2) is 7.06. The molecule has 1 aliphatic carbocycles. The molecule has 0 amide bonds. The van der Waals surface area contributed by atoms with Crippen molar-refractivity contribution in [3.8, 4) is 5.75 Å². The van der Waals surface area contributed by atoms with Crippen LogP contribution in [0.15, 0.2) is 30.5 Å². The molecular weight excluding hydrogens is 278 g/mol. The van der Waals surface area contributed by atoms with E-state index in [1.165, 1.54) is 25.7 Å². The Hall–Kier alpha value is -2.37. The van der Waals surface area contributed by atoms with Gasteiger partial charge in [0.25, 0.3) is 0 Å². The Morgan fingerprint density at radius 3 is 2.68 bits per heavy atom. The first-order chi connectivity index (χ1) is 10.8. The zero-order valence-corrected chi connectivity index (χ0v) is 12.7. The zero-order valence-electron chi connectivity index (χ0n) is 12.7. The van der Waals surface area contributed by atoms with Crippen molar-refractivity contribution in [1.29, 1.82) is 0 Å². The van der Waals surface area contributed by atoms with E-state index in [1.807, 2.05) is 31.2 Å². The maximum absolute atomic E-state index is 5.43. The standard InChI is InChI=1S/C16H21N5O/c1-2-22-14-9-7-13(8-10-14)18-15-11-17-21-16(20-15)19-12-5-3-4-6-12/h7-12H,2-6H2,1H3,(H2,18,19,20,21). The molecule has 3 rings (SSSR count). The third kappa shape index (κ3) is 3.84. The zero-order chi connectivity index (χ0) is 15.2. The first kappa shape index (κ1) is 14.6. The summed E-state index contributed by atoms with van der Waals surface area (Å²) in [7, 11) is 0. The fourth-order valence-corrected chi connectivity index (χ4v) is 2.63. The molecule has 1 aliphatic rings. The molecule has 0 unspecified atom stereocenters. The summed E-state index contributed by atoms with van der Waals surface area (Å²) in [5, 5.41) is 14.6. The maximum atomic E-state index is 5.43. The number of nitrogens with zero attached hydrogens (tertiary/aromatic N) is 3. The highest BCUT2D eigenvalue weighted by Crippen LogP contribution is 2.22. The van der Waals surface area contributed by atoms with Crippen molar-refractivity contribution >= 4 is 17.5 Å². The molecule has 0 saturated heterocycles. The van der Waals surface area contributed by atoms with Gasteiger partial charge in [-0.2, -0.15) is 10.1 Å². The van der Waals surface area contributed by atoms with E-state index in [9.17, 15) is 0 Å². The molecule has 2 aromatic rings. The second-order valence-corrected chi connectivity index (χ2v) is 5.37. The molecule has 1 heterocycles. The monoisotopic (exact) mass is 299 g/mol. The van der Waals surface area contributed by atoms with Gasteiger partial charge in [-0.15, -0.1) is 5.10 Å². The minimum atomic E-state index is 0.475. The minimum Gasteiger partial charge on any atom is -0.494 e. The molecule has 0 aliphatic heterocycles. The normalized spacial score (nSPS) is 14.8. The van der Waals surface area contributed by atoms with Gasteiger partial charge in [0, 0.05) is 11.7 Å². The van der Waals surface area contributed by atoms with Gasteiger partial charge in [-0.05, 0) is 44.0 Å². The van der Waals surface area contributed by atoms with Gasteiger partial charge in [0.2, 0.25) is 5.95 Å². The largest absolute Gasteiger partial charge is 0.494 e. The Balaban J connectivity index is 1.64. The Morgan fingerprint density at radius 2 is 1.95 bits per heavy atom. The number of hydrogen-bond donors (Lipinski definition) is 2. The van der Waals surface area contributed by atoms with Gasteiger partial charge in [-0.25, -0.2) is 0 Å². The molecule has 2 N–H and O–H groups in total. The third-order valence-corrected chi connectivity index (χ3v) is 3.68. The van der Waals surface area contributed by atoms with Crippen LogP contribution in [0, 0.1) is 0 Å². The maximum Gasteiger partial charge on any atom is 0.244 e. The highest BCUT2D eigenvalue weighted by molar-refractivity contribution is 5.57. The van der Waals surface area contributed by atoms with Crippen molar-refractivity contribution in [2.75, 3.05) is 17.2 Å². The van der Waals surface area contributed by atoms with E-state index in [1.54, 1.807) is 6.20 Å². The molecule has 1 saturated carbocycles. The van der Waals surface area contributed by atoms with Crippen molar-refractivity contribution in [3.63, 3.8) is 0 Å². The van der Waals surface area contributed by atoms with Crippen molar-refractivity contribution in [2.24, 2.45) is 0 Å². The number of ether oxygens (including phenoxy) is 1. The molecule has 0 radical (unpaired) electrons.